The summed E-state index contributed by atoms with van der Waals surface area (Å²) in [5.41, 5.74) is 2.09. The van der Waals surface area contributed by atoms with Gasteiger partial charge < -0.3 is 24.3 Å². The van der Waals surface area contributed by atoms with E-state index in [0.717, 1.165) is 38.7 Å². The monoisotopic (exact) mass is 363 g/mol. The number of hydrogen-bond acceptors (Lipinski definition) is 5. The van der Waals surface area contributed by atoms with Crippen molar-refractivity contribution < 1.29 is 18.9 Å². The fourth-order valence-electron chi connectivity index (χ4n) is 2.48. The molecule has 114 valence electrons. The van der Waals surface area contributed by atoms with E-state index in [1.165, 1.54) is 0 Å². The molecule has 0 bridgehead atoms. The van der Waals surface area contributed by atoms with Crippen molar-refractivity contribution in [2.45, 2.75) is 6.54 Å². The Morgan fingerprint density at radius 2 is 1.77 bits per heavy atom. The van der Waals surface area contributed by atoms with Crippen molar-refractivity contribution in [1.82, 2.24) is 0 Å². The van der Waals surface area contributed by atoms with Gasteiger partial charge in [0.15, 0.2) is 23.0 Å². The van der Waals surface area contributed by atoms with Gasteiger partial charge in [-0.15, -0.1) is 0 Å². The number of ether oxygens (including phenoxy) is 4. The predicted octanol–water partition coefficient (Wildman–Crippen LogP) is 3.56. The normalized spacial score (nSPS) is 14.8. The number of halogens is 1. The van der Waals surface area contributed by atoms with Crippen molar-refractivity contribution >= 4 is 21.6 Å². The van der Waals surface area contributed by atoms with Crippen LogP contribution in [0.4, 0.5) is 5.69 Å². The van der Waals surface area contributed by atoms with E-state index in [4.69, 9.17) is 18.9 Å². The molecule has 1 N–H and O–H groups in total. The molecule has 0 unspecified atom stereocenters. The summed E-state index contributed by atoms with van der Waals surface area (Å²) >= 11 is 3.50. The summed E-state index contributed by atoms with van der Waals surface area (Å²) in [6.45, 7) is 2.14. The second-order valence-electron chi connectivity index (χ2n) is 5.02. The van der Waals surface area contributed by atoms with Gasteiger partial charge in [0.1, 0.15) is 13.2 Å². The summed E-state index contributed by atoms with van der Waals surface area (Å²) < 4.78 is 22.8. The molecule has 2 aliphatic rings. The first-order valence-electron chi connectivity index (χ1n) is 7.01. The molecule has 2 aromatic carbocycles. The minimum atomic E-state index is 0.271. The van der Waals surface area contributed by atoms with Crippen molar-refractivity contribution in [3.8, 4) is 23.0 Å². The first-order valence-corrected chi connectivity index (χ1v) is 7.80. The molecule has 0 saturated heterocycles. The van der Waals surface area contributed by atoms with Crippen LogP contribution in [0.5, 0.6) is 23.0 Å². The van der Waals surface area contributed by atoms with Gasteiger partial charge in [0.25, 0.3) is 0 Å². The van der Waals surface area contributed by atoms with Crippen LogP contribution in [0.15, 0.2) is 34.8 Å². The zero-order valence-electron chi connectivity index (χ0n) is 11.7. The molecule has 0 radical (unpaired) electrons. The van der Waals surface area contributed by atoms with E-state index in [1.807, 2.05) is 30.3 Å². The minimum absolute atomic E-state index is 0.271. The summed E-state index contributed by atoms with van der Waals surface area (Å²) in [5.74, 6) is 3.11. The number of anilines is 1. The summed E-state index contributed by atoms with van der Waals surface area (Å²) in [6.07, 6.45) is 0. The molecule has 2 aromatic rings. The van der Waals surface area contributed by atoms with Crippen molar-refractivity contribution in [3.63, 3.8) is 0 Å². The van der Waals surface area contributed by atoms with Crippen LogP contribution < -0.4 is 24.3 Å². The summed E-state index contributed by atoms with van der Waals surface area (Å²) in [5, 5.41) is 3.38. The third-order valence-electron chi connectivity index (χ3n) is 3.53. The van der Waals surface area contributed by atoms with Crippen LogP contribution in [0, 0.1) is 0 Å². The Bertz CT molecular complexity index is 720. The molecule has 0 saturated carbocycles. The number of fused-ring (bicyclic) bond motifs is 2. The van der Waals surface area contributed by atoms with Crippen LogP contribution in [0.25, 0.3) is 0 Å². The standard InChI is InChI=1S/C16H14BrNO4/c17-12-5-10(6-15-16(12)22-9-21-15)8-18-11-1-2-13-14(7-11)20-4-3-19-13/h1-2,5-7,18H,3-4,8-9H2. The average molecular weight is 364 g/mol. The largest absolute Gasteiger partial charge is 0.486 e. The predicted molar refractivity (Wildman–Crippen MR) is 85.0 cm³/mol. The molecule has 2 aliphatic heterocycles. The minimum Gasteiger partial charge on any atom is -0.486 e. The molecule has 0 fully saturated rings. The Hall–Kier alpha value is -2.08. The van der Waals surface area contributed by atoms with Crippen molar-refractivity contribution in [2.24, 2.45) is 0 Å². The van der Waals surface area contributed by atoms with E-state index in [0.29, 0.717) is 19.8 Å². The Kier molecular flexibility index (Phi) is 3.46. The summed E-state index contributed by atoms with van der Waals surface area (Å²) in [6, 6.07) is 9.87. The third kappa shape index (κ3) is 2.54. The summed E-state index contributed by atoms with van der Waals surface area (Å²) in [4.78, 5) is 0. The maximum Gasteiger partial charge on any atom is 0.231 e. The maximum atomic E-state index is 5.59. The number of rotatable bonds is 3. The fraction of sp³-hybridized carbons (Fsp3) is 0.250. The van der Waals surface area contributed by atoms with E-state index >= 15 is 0 Å². The van der Waals surface area contributed by atoms with E-state index in [2.05, 4.69) is 21.2 Å². The van der Waals surface area contributed by atoms with Crippen molar-refractivity contribution in [3.05, 3.63) is 40.4 Å². The smallest absolute Gasteiger partial charge is 0.231 e. The van der Waals surface area contributed by atoms with Gasteiger partial charge in [0.2, 0.25) is 6.79 Å². The first-order chi connectivity index (χ1) is 10.8. The molecule has 4 rings (SSSR count). The molecule has 2 heterocycles. The van der Waals surface area contributed by atoms with Gasteiger partial charge in [0, 0.05) is 18.3 Å². The molecular formula is C16H14BrNO4. The Morgan fingerprint density at radius 1 is 0.909 bits per heavy atom. The SMILES string of the molecule is Brc1cc(CNc2ccc3c(c2)OCCO3)cc2c1OCO2. The van der Waals surface area contributed by atoms with Gasteiger partial charge in [-0.2, -0.15) is 0 Å². The lowest BCUT2D eigenvalue weighted by Crippen LogP contribution is -2.15. The molecule has 0 aromatic heterocycles. The molecule has 22 heavy (non-hydrogen) atoms. The van der Waals surface area contributed by atoms with Crippen LogP contribution in [0.1, 0.15) is 5.56 Å². The Morgan fingerprint density at radius 3 is 2.68 bits per heavy atom. The highest BCUT2D eigenvalue weighted by atomic mass is 79.9. The molecule has 0 atom stereocenters. The van der Waals surface area contributed by atoms with Crippen LogP contribution >= 0.6 is 15.9 Å². The highest BCUT2D eigenvalue weighted by molar-refractivity contribution is 9.10. The lowest BCUT2D eigenvalue weighted by atomic mass is 10.2. The maximum absolute atomic E-state index is 5.59. The van der Waals surface area contributed by atoms with Crippen LogP contribution in [0.3, 0.4) is 0 Å². The fourth-order valence-corrected chi connectivity index (χ4v) is 3.08. The molecule has 5 nitrogen and oxygen atoms in total. The molecule has 6 heteroatoms. The average Bonchev–Trinajstić information content (AvgIpc) is 3.02. The van der Waals surface area contributed by atoms with Crippen molar-refractivity contribution in [2.75, 3.05) is 25.3 Å². The molecular weight excluding hydrogens is 350 g/mol. The molecule has 0 spiro atoms. The molecule has 0 amide bonds. The van der Waals surface area contributed by atoms with E-state index < -0.39 is 0 Å². The Labute approximate surface area is 136 Å². The highest BCUT2D eigenvalue weighted by Crippen LogP contribution is 2.40. The molecule has 0 aliphatic carbocycles. The van der Waals surface area contributed by atoms with Crippen LogP contribution in [-0.4, -0.2) is 20.0 Å². The van der Waals surface area contributed by atoms with E-state index in [-0.39, 0.29) is 6.79 Å². The summed E-state index contributed by atoms with van der Waals surface area (Å²) in [7, 11) is 0. The van der Waals surface area contributed by atoms with Gasteiger partial charge >= 0.3 is 0 Å². The van der Waals surface area contributed by atoms with Crippen molar-refractivity contribution in [1.29, 1.82) is 0 Å². The first kappa shape index (κ1) is 13.6. The van der Waals surface area contributed by atoms with Gasteiger partial charge in [-0.3, -0.25) is 0 Å². The highest BCUT2D eigenvalue weighted by Gasteiger charge is 2.18. The second kappa shape index (κ2) is 5.61. The number of nitrogens with one attached hydrogen (secondary N) is 1. The number of benzene rings is 2. The van der Waals surface area contributed by atoms with Crippen LogP contribution in [0.2, 0.25) is 0 Å². The Balaban J connectivity index is 1.50. The van der Waals surface area contributed by atoms with Gasteiger partial charge in [0.05, 0.1) is 4.47 Å². The van der Waals surface area contributed by atoms with Gasteiger partial charge in [-0.1, -0.05) is 0 Å². The van der Waals surface area contributed by atoms with Gasteiger partial charge in [-0.05, 0) is 45.8 Å². The zero-order chi connectivity index (χ0) is 14.9. The second-order valence-corrected chi connectivity index (χ2v) is 5.88. The van der Waals surface area contributed by atoms with Gasteiger partial charge in [-0.25, -0.2) is 0 Å². The lowest BCUT2D eigenvalue weighted by Gasteiger charge is -2.19. The van der Waals surface area contributed by atoms with Crippen LogP contribution in [-0.2, 0) is 6.54 Å². The topological polar surface area (TPSA) is 49.0 Å². The zero-order valence-corrected chi connectivity index (χ0v) is 13.3. The third-order valence-corrected chi connectivity index (χ3v) is 4.11. The van der Waals surface area contributed by atoms with E-state index in [1.54, 1.807) is 0 Å². The number of hydrogen-bond donors (Lipinski definition) is 1. The quantitative estimate of drug-likeness (QED) is 0.903. The van der Waals surface area contributed by atoms with E-state index in [9.17, 15) is 0 Å². The lowest BCUT2D eigenvalue weighted by molar-refractivity contribution is 0.171.